The van der Waals surface area contributed by atoms with Crippen molar-refractivity contribution < 1.29 is 18.3 Å². The molecule has 0 atom stereocenters. The summed E-state index contributed by atoms with van der Waals surface area (Å²) in [5, 5.41) is 13.7. The van der Waals surface area contributed by atoms with E-state index in [1.165, 1.54) is 0 Å². The van der Waals surface area contributed by atoms with E-state index in [0.717, 1.165) is 6.20 Å². The van der Waals surface area contributed by atoms with Crippen LogP contribution in [0.3, 0.4) is 0 Å². The third-order valence-corrected chi connectivity index (χ3v) is 2.97. The Bertz CT molecular complexity index is 451. The van der Waals surface area contributed by atoms with Crippen molar-refractivity contribution in [1.82, 2.24) is 14.9 Å². The number of carboxylic acids is 1. The van der Waals surface area contributed by atoms with E-state index in [4.69, 9.17) is 10.8 Å². The number of H-pyrrole nitrogens is 1. The van der Waals surface area contributed by atoms with Crippen molar-refractivity contribution in [2.45, 2.75) is 5.03 Å². The van der Waals surface area contributed by atoms with Gasteiger partial charge in [-0.05, 0) is 0 Å². The molecule has 0 aliphatic rings. The Morgan fingerprint density at radius 1 is 1.67 bits per heavy atom. The average molecular weight is 234 g/mol. The monoisotopic (exact) mass is 234 g/mol. The highest BCUT2D eigenvalue weighted by molar-refractivity contribution is 7.89. The zero-order valence-corrected chi connectivity index (χ0v) is 8.41. The fourth-order valence-corrected chi connectivity index (χ4v) is 2.03. The van der Waals surface area contributed by atoms with Crippen LogP contribution < -0.4 is 10.5 Å². The van der Waals surface area contributed by atoms with Crippen LogP contribution in [-0.4, -0.2) is 42.8 Å². The number of aromatic carboxylic acids is 1. The minimum absolute atomic E-state index is 0.0282. The van der Waals surface area contributed by atoms with E-state index in [2.05, 4.69) is 14.9 Å². The van der Waals surface area contributed by atoms with Gasteiger partial charge in [-0.3, -0.25) is 5.10 Å². The zero-order chi connectivity index (χ0) is 11.5. The number of carboxylic acid groups (broad SMARTS) is 1. The van der Waals surface area contributed by atoms with Gasteiger partial charge in [0.15, 0.2) is 5.03 Å². The fraction of sp³-hybridized carbons (Fsp3) is 0.333. The Morgan fingerprint density at radius 2 is 2.33 bits per heavy atom. The second-order valence-electron chi connectivity index (χ2n) is 2.60. The van der Waals surface area contributed by atoms with Gasteiger partial charge < -0.3 is 10.8 Å². The summed E-state index contributed by atoms with van der Waals surface area (Å²) in [6.07, 6.45) is 0.930. The summed E-state index contributed by atoms with van der Waals surface area (Å²) in [6.45, 7) is 0.149. The molecule has 0 saturated carbocycles. The van der Waals surface area contributed by atoms with Gasteiger partial charge in [0.05, 0.1) is 6.20 Å². The highest BCUT2D eigenvalue weighted by atomic mass is 32.2. The molecule has 0 aliphatic heterocycles. The summed E-state index contributed by atoms with van der Waals surface area (Å²) >= 11 is 0. The number of nitrogens with one attached hydrogen (secondary N) is 2. The van der Waals surface area contributed by atoms with Gasteiger partial charge in [0.2, 0.25) is 0 Å². The second kappa shape index (κ2) is 4.38. The Kier molecular flexibility index (Phi) is 3.39. The summed E-state index contributed by atoms with van der Waals surface area (Å²) in [5.74, 6) is -1.36. The van der Waals surface area contributed by atoms with Gasteiger partial charge >= 0.3 is 5.97 Å². The lowest BCUT2D eigenvalue weighted by Gasteiger charge is -2.03. The Labute approximate surface area is 85.5 Å². The molecule has 8 nitrogen and oxygen atoms in total. The molecule has 0 saturated heterocycles. The molecule has 5 N–H and O–H groups in total. The summed E-state index contributed by atoms with van der Waals surface area (Å²) in [7, 11) is -3.88. The number of rotatable bonds is 5. The summed E-state index contributed by atoms with van der Waals surface area (Å²) < 4.78 is 25.1. The molecular formula is C6H10N4O4S. The number of sulfonamides is 1. The smallest absolute Gasteiger partial charge is 0.340 e. The van der Waals surface area contributed by atoms with Crippen molar-refractivity contribution in [2.75, 3.05) is 13.1 Å². The van der Waals surface area contributed by atoms with Crippen LogP contribution in [0.15, 0.2) is 11.2 Å². The number of hydrogen-bond acceptors (Lipinski definition) is 5. The maximum atomic E-state index is 11.5. The minimum Gasteiger partial charge on any atom is -0.478 e. The maximum absolute atomic E-state index is 11.5. The first-order chi connectivity index (χ1) is 6.99. The molecule has 84 valence electrons. The third kappa shape index (κ3) is 2.52. The van der Waals surface area contributed by atoms with Crippen molar-refractivity contribution in [3.05, 3.63) is 11.8 Å². The molecular weight excluding hydrogens is 224 g/mol. The lowest BCUT2D eigenvalue weighted by Crippen LogP contribution is -2.30. The highest BCUT2D eigenvalue weighted by Crippen LogP contribution is 2.10. The van der Waals surface area contributed by atoms with Gasteiger partial charge in [-0.15, -0.1) is 0 Å². The predicted molar refractivity (Wildman–Crippen MR) is 49.8 cm³/mol. The van der Waals surface area contributed by atoms with E-state index in [-0.39, 0.29) is 13.1 Å². The number of hydrogen-bond donors (Lipinski definition) is 4. The molecule has 0 aromatic carbocycles. The van der Waals surface area contributed by atoms with Crippen LogP contribution in [0.1, 0.15) is 10.4 Å². The molecule has 0 amide bonds. The first kappa shape index (κ1) is 11.6. The molecule has 0 radical (unpaired) electrons. The molecule has 15 heavy (non-hydrogen) atoms. The molecule has 0 spiro atoms. The Balaban J connectivity index is 3.05. The number of aromatic nitrogens is 2. The maximum Gasteiger partial charge on any atom is 0.340 e. The van der Waals surface area contributed by atoms with Gasteiger partial charge in [0, 0.05) is 13.1 Å². The van der Waals surface area contributed by atoms with E-state index >= 15 is 0 Å². The number of nitrogens with zero attached hydrogens (tertiary/aromatic N) is 1. The largest absolute Gasteiger partial charge is 0.478 e. The highest BCUT2D eigenvalue weighted by Gasteiger charge is 2.23. The van der Waals surface area contributed by atoms with Gasteiger partial charge in [-0.1, -0.05) is 0 Å². The first-order valence-electron chi connectivity index (χ1n) is 3.95. The topological polar surface area (TPSA) is 138 Å². The van der Waals surface area contributed by atoms with E-state index < -0.39 is 26.6 Å². The zero-order valence-electron chi connectivity index (χ0n) is 7.60. The third-order valence-electron chi connectivity index (χ3n) is 1.54. The lowest BCUT2D eigenvalue weighted by molar-refractivity contribution is 0.0692. The molecule has 1 aromatic rings. The van der Waals surface area contributed by atoms with Gasteiger partial charge in [0.1, 0.15) is 5.56 Å². The molecule has 0 aliphatic carbocycles. The van der Waals surface area contributed by atoms with Gasteiger partial charge in [-0.25, -0.2) is 17.9 Å². The summed E-state index contributed by atoms with van der Waals surface area (Å²) in [6, 6.07) is 0. The minimum atomic E-state index is -3.88. The Hall–Kier alpha value is -1.45. The van der Waals surface area contributed by atoms with Crippen molar-refractivity contribution in [2.24, 2.45) is 5.73 Å². The van der Waals surface area contributed by atoms with E-state index in [1.54, 1.807) is 0 Å². The van der Waals surface area contributed by atoms with Gasteiger partial charge in [-0.2, -0.15) is 5.10 Å². The SMILES string of the molecule is NCCNS(=O)(=O)c1[nH]ncc1C(=O)O. The number of nitrogens with two attached hydrogens (primary N) is 1. The second-order valence-corrected chi connectivity index (χ2v) is 4.31. The normalized spacial score (nSPS) is 11.5. The summed E-state index contributed by atoms with van der Waals surface area (Å²) in [5.41, 5.74) is 4.71. The standard InChI is InChI=1S/C6H10N4O4S/c7-1-2-9-15(13,14)5-4(6(11)12)3-8-10-5/h3,9H,1-2,7H2,(H,8,10)(H,11,12). The molecule has 9 heteroatoms. The van der Waals surface area contributed by atoms with Crippen molar-refractivity contribution in [3.63, 3.8) is 0 Å². The quantitative estimate of drug-likeness (QED) is 0.481. The molecule has 0 unspecified atom stereocenters. The molecule has 0 fully saturated rings. The average Bonchev–Trinajstić information content (AvgIpc) is 2.63. The first-order valence-corrected chi connectivity index (χ1v) is 5.43. The number of carbonyl (C=O) groups is 1. The lowest BCUT2D eigenvalue weighted by atomic mass is 10.4. The molecule has 0 bridgehead atoms. The van der Waals surface area contributed by atoms with Crippen LogP contribution in [0.25, 0.3) is 0 Å². The predicted octanol–water partition coefficient (Wildman–Crippen LogP) is -1.66. The van der Waals surface area contributed by atoms with Crippen LogP contribution >= 0.6 is 0 Å². The van der Waals surface area contributed by atoms with E-state index in [9.17, 15) is 13.2 Å². The van der Waals surface area contributed by atoms with Crippen LogP contribution in [0, 0.1) is 0 Å². The van der Waals surface area contributed by atoms with Crippen LogP contribution in [0.2, 0.25) is 0 Å². The molecule has 1 rings (SSSR count). The van der Waals surface area contributed by atoms with Crippen molar-refractivity contribution in [3.8, 4) is 0 Å². The number of aromatic amines is 1. The van der Waals surface area contributed by atoms with Crippen LogP contribution in [0.5, 0.6) is 0 Å². The molecule has 1 aromatic heterocycles. The van der Waals surface area contributed by atoms with E-state index in [0.29, 0.717) is 0 Å². The van der Waals surface area contributed by atoms with Gasteiger partial charge in [0.25, 0.3) is 10.0 Å². The summed E-state index contributed by atoms with van der Waals surface area (Å²) in [4.78, 5) is 10.6. The van der Waals surface area contributed by atoms with Crippen LogP contribution in [-0.2, 0) is 10.0 Å². The van der Waals surface area contributed by atoms with Crippen LogP contribution in [0.4, 0.5) is 0 Å². The van der Waals surface area contributed by atoms with Crippen molar-refractivity contribution in [1.29, 1.82) is 0 Å². The van der Waals surface area contributed by atoms with E-state index in [1.807, 2.05) is 0 Å². The Morgan fingerprint density at radius 3 is 2.87 bits per heavy atom. The van der Waals surface area contributed by atoms with Crippen molar-refractivity contribution >= 4 is 16.0 Å². The fourth-order valence-electron chi connectivity index (χ4n) is 0.897. The molecule has 1 heterocycles.